The van der Waals surface area contributed by atoms with Crippen molar-refractivity contribution in [3.05, 3.63) is 0 Å². The van der Waals surface area contributed by atoms with Gasteiger partial charge in [0.25, 0.3) is 0 Å². The molecule has 0 spiro atoms. The number of hydrogen-bond acceptors (Lipinski definition) is 7. The summed E-state index contributed by atoms with van der Waals surface area (Å²) in [5, 5.41) is 6.12. The lowest BCUT2D eigenvalue weighted by Gasteiger charge is -2.01. The Morgan fingerprint density at radius 3 is 2.26 bits per heavy atom. The SMILES string of the molecule is CCNOCCSSCCC=O.CNCCCNC. The van der Waals surface area contributed by atoms with Gasteiger partial charge >= 0.3 is 0 Å². The predicted molar refractivity (Wildman–Crippen MR) is 87.7 cm³/mol. The number of nitrogens with one attached hydrogen (secondary N) is 3. The summed E-state index contributed by atoms with van der Waals surface area (Å²) in [5.74, 6) is 1.85. The number of carbonyl (C=O) groups is 1. The standard InChI is InChI=1S/C7H15NO2S2.C5H14N2/c1-2-8-10-5-7-12-11-6-3-4-9;1-6-4-3-5-7-2/h4,8H,2-3,5-7H2,1H3;6-7H,3-5H2,1-2H3. The third kappa shape index (κ3) is 27.4. The molecule has 0 bridgehead atoms. The Bertz CT molecular complexity index is 162. The summed E-state index contributed by atoms with van der Waals surface area (Å²) in [5.41, 5.74) is 2.77. The molecule has 0 rings (SSSR count). The van der Waals surface area contributed by atoms with Crippen LogP contribution in [-0.4, -0.2) is 58.1 Å². The lowest BCUT2D eigenvalue weighted by molar-refractivity contribution is -0.107. The highest BCUT2D eigenvalue weighted by atomic mass is 33.1. The molecule has 0 aliphatic rings. The van der Waals surface area contributed by atoms with Crippen LogP contribution < -0.4 is 16.1 Å². The molecule has 0 radical (unpaired) electrons. The molecule has 0 aliphatic heterocycles. The van der Waals surface area contributed by atoms with Gasteiger partial charge in [-0.05, 0) is 33.6 Å². The highest BCUT2D eigenvalue weighted by Crippen LogP contribution is 2.20. The van der Waals surface area contributed by atoms with Crippen LogP contribution in [0.4, 0.5) is 0 Å². The Kier molecular flexibility index (Phi) is 26.4. The van der Waals surface area contributed by atoms with Crippen molar-refractivity contribution in [1.29, 1.82) is 0 Å². The molecular weight excluding hydrogens is 282 g/mol. The summed E-state index contributed by atoms with van der Waals surface area (Å²) in [6, 6.07) is 0. The van der Waals surface area contributed by atoms with Crippen molar-refractivity contribution in [3.8, 4) is 0 Å². The molecule has 0 atom stereocenters. The third-order valence-electron chi connectivity index (χ3n) is 1.77. The summed E-state index contributed by atoms with van der Waals surface area (Å²) in [7, 11) is 7.39. The minimum Gasteiger partial charge on any atom is -0.320 e. The Labute approximate surface area is 125 Å². The van der Waals surface area contributed by atoms with Crippen molar-refractivity contribution in [1.82, 2.24) is 16.1 Å². The minimum absolute atomic E-state index is 0.645. The van der Waals surface area contributed by atoms with Gasteiger partial charge in [0.2, 0.25) is 0 Å². The van der Waals surface area contributed by atoms with Crippen molar-refractivity contribution in [2.45, 2.75) is 19.8 Å². The van der Waals surface area contributed by atoms with E-state index in [-0.39, 0.29) is 0 Å². The van der Waals surface area contributed by atoms with E-state index in [4.69, 9.17) is 4.84 Å². The van der Waals surface area contributed by atoms with Crippen molar-refractivity contribution in [3.63, 3.8) is 0 Å². The van der Waals surface area contributed by atoms with Gasteiger partial charge < -0.3 is 20.3 Å². The van der Waals surface area contributed by atoms with Gasteiger partial charge in [0.1, 0.15) is 6.29 Å². The van der Waals surface area contributed by atoms with Crippen LogP contribution in [0.15, 0.2) is 0 Å². The lowest BCUT2D eigenvalue weighted by atomic mass is 10.4. The molecule has 5 nitrogen and oxygen atoms in total. The quantitative estimate of drug-likeness (QED) is 0.205. The second-order valence-electron chi connectivity index (χ2n) is 3.51. The first-order valence-corrected chi connectivity index (χ1v) is 9.14. The second kappa shape index (κ2) is 23.3. The van der Waals surface area contributed by atoms with Crippen molar-refractivity contribution in [2.75, 3.05) is 51.8 Å². The van der Waals surface area contributed by atoms with Gasteiger partial charge in [0.15, 0.2) is 0 Å². The molecule has 0 aromatic carbocycles. The number of hydroxylamine groups is 1. The summed E-state index contributed by atoms with van der Waals surface area (Å²) in [6.07, 6.45) is 2.81. The van der Waals surface area contributed by atoms with Gasteiger partial charge in [0, 0.05) is 24.5 Å². The zero-order chi connectivity index (χ0) is 14.6. The predicted octanol–water partition coefficient (Wildman–Crippen LogP) is 1.31. The molecular formula is C12H29N3O2S2. The number of carbonyl (C=O) groups excluding carboxylic acids is 1. The molecule has 0 amide bonds. The van der Waals surface area contributed by atoms with E-state index in [1.54, 1.807) is 21.6 Å². The van der Waals surface area contributed by atoms with Crippen LogP contribution in [0.5, 0.6) is 0 Å². The number of hydrogen-bond donors (Lipinski definition) is 3. The van der Waals surface area contributed by atoms with Crippen LogP contribution in [0.2, 0.25) is 0 Å². The van der Waals surface area contributed by atoms with Crippen LogP contribution in [0.3, 0.4) is 0 Å². The monoisotopic (exact) mass is 311 g/mol. The van der Waals surface area contributed by atoms with E-state index in [0.717, 1.165) is 37.4 Å². The van der Waals surface area contributed by atoms with E-state index in [9.17, 15) is 4.79 Å². The van der Waals surface area contributed by atoms with Gasteiger partial charge in [0.05, 0.1) is 6.61 Å². The molecule has 0 aromatic heterocycles. The second-order valence-corrected chi connectivity index (χ2v) is 6.21. The maximum Gasteiger partial charge on any atom is 0.120 e. The van der Waals surface area contributed by atoms with E-state index >= 15 is 0 Å². The Hall–Kier alpha value is 0.210. The number of aldehydes is 1. The average Bonchev–Trinajstić information content (AvgIpc) is 2.43. The molecule has 3 N–H and O–H groups in total. The molecule has 0 fully saturated rings. The third-order valence-corrected chi connectivity index (χ3v) is 4.17. The normalized spacial score (nSPS) is 9.84. The van der Waals surface area contributed by atoms with E-state index in [1.807, 2.05) is 21.0 Å². The first-order valence-electron chi connectivity index (χ1n) is 6.65. The molecule has 0 aliphatic carbocycles. The number of rotatable bonds is 13. The maximum absolute atomic E-state index is 9.92. The van der Waals surface area contributed by atoms with Crippen LogP contribution >= 0.6 is 21.6 Å². The van der Waals surface area contributed by atoms with Crippen LogP contribution in [-0.2, 0) is 9.63 Å². The van der Waals surface area contributed by atoms with Crippen molar-refractivity contribution in [2.24, 2.45) is 0 Å². The molecule has 0 heterocycles. The smallest absolute Gasteiger partial charge is 0.120 e. The highest BCUT2D eigenvalue weighted by Gasteiger charge is 1.90. The van der Waals surface area contributed by atoms with Crippen LogP contribution in [0, 0.1) is 0 Å². The molecule has 7 heteroatoms. The fourth-order valence-corrected chi connectivity index (χ4v) is 2.69. The van der Waals surface area contributed by atoms with Crippen LogP contribution in [0.1, 0.15) is 19.8 Å². The van der Waals surface area contributed by atoms with Gasteiger partial charge in [-0.15, -0.1) is 0 Å². The highest BCUT2D eigenvalue weighted by molar-refractivity contribution is 8.76. The van der Waals surface area contributed by atoms with E-state index in [1.165, 1.54) is 6.42 Å². The maximum atomic E-state index is 9.92. The minimum atomic E-state index is 0.645. The molecule has 0 saturated carbocycles. The van der Waals surface area contributed by atoms with Gasteiger partial charge in [-0.3, -0.25) is 0 Å². The molecule has 19 heavy (non-hydrogen) atoms. The topological polar surface area (TPSA) is 62.4 Å². The Morgan fingerprint density at radius 1 is 1.11 bits per heavy atom. The summed E-state index contributed by atoms with van der Waals surface area (Å²) in [6.45, 7) is 5.77. The van der Waals surface area contributed by atoms with Crippen molar-refractivity contribution >= 4 is 27.9 Å². The lowest BCUT2D eigenvalue weighted by Crippen LogP contribution is -2.15. The zero-order valence-corrected chi connectivity index (χ0v) is 14.0. The van der Waals surface area contributed by atoms with E-state index in [0.29, 0.717) is 13.0 Å². The largest absolute Gasteiger partial charge is 0.320 e. The Balaban J connectivity index is 0. The van der Waals surface area contributed by atoms with E-state index < -0.39 is 0 Å². The summed E-state index contributed by atoms with van der Waals surface area (Å²) < 4.78 is 0. The first kappa shape index (κ1) is 21.5. The molecule has 0 aromatic rings. The summed E-state index contributed by atoms with van der Waals surface area (Å²) in [4.78, 5) is 15.0. The fourth-order valence-electron chi connectivity index (χ4n) is 0.906. The zero-order valence-electron chi connectivity index (χ0n) is 12.4. The molecule has 116 valence electrons. The summed E-state index contributed by atoms with van der Waals surface area (Å²) >= 11 is 0. The van der Waals surface area contributed by atoms with Crippen molar-refractivity contribution < 1.29 is 9.63 Å². The van der Waals surface area contributed by atoms with Gasteiger partial charge in [-0.25, -0.2) is 5.48 Å². The molecule has 0 saturated heterocycles. The van der Waals surface area contributed by atoms with E-state index in [2.05, 4.69) is 16.1 Å². The molecule has 0 unspecified atom stereocenters. The van der Waals surface area contributed by atoms with Gasteiger partial charge in [-0.1, -0.05) is 28.5 Å². The first-order chi connectivity index (χ1) is 9.33. The van der Waals surface area contributed by atoms with Gasteiger partial charge in [-0.2, -0.15) is 0 Å². The van der Waals surface area contributed by atoms with Crippen LogP contribution in [0.25, 0.3) is 0 Å². The average molecular weight is 312 g/mol. The Morgan fingerprint density at radius 2 is 1.74 bits per heavy atom. The fraction of sp³-hybridized carbons (Fsp3) is 0.917.